The van der Waals surface area contributed by atoms with Crippen LogP contribution in [0.4, 0.5) is 4.39 Å². The molecule has 0 saturated heterocycles. The van der Waals surface area contributed by atoms with Gasteiger partial charge in [-0.05, 0) is 35.4 Å². The summed E-state index contributed by atoms with van der Waals surface area (Å²) in [7, 11) is 0. The van der Waals surface area contributed by atoms with E-state index in [0.29, 0.717) is 28.4 Å². The van der Waals surface area contributed by atoms with Crippen LogP contribution < -0.4 is 5.56 Å². The van der Waals surface area contributed by atoms with Gasteiger partial charge in [-0.15, -0.1) is 10.2 Å². The molecule has 0 atom stereocenters. The Morgan fingerprint density at radius 3 is 2.48 bits per heavy atom. The summed E-state index contributed by atoms with van der Waals surface area (Å²) < 4.78 is 16.1. The van der Waals surface area contributed by atoms with E-state index in [4.69, 9.17) is 11.6 Å². The summed E-state index contributed by atoms with van der Waals surface area (Å²) in [5.41, 5.74) is 2.86. The van der Waals surface area contributed by atoms with Crippen molar-refractivity contribution in [3.8, 4) is 11.1 Å². The molecule has 29 heavy (non-hydrogen) atoms. The molecule has 142 valence electrons. The lowest BCUT2D eigenvalue weighted by molar-refractivity contribution is 0.628. The molecule has 0 bridgehead atoms. The number of nitrogens with zero attached hydrogens (tertiary/aromatic N) is 6. The second-order valence-electron chi connectivity index (χ2n) is 6.48. The Morgan fingerprint density at radius 2 is 1.72 bits per heavy atom. The van der Waals surface area contributed by atoms with Crippen molar-refractivity contribution >= 4 is 28.4 Å². The number of rotatable bonds is 3. The van der Waals surface area contributed by atoms with Gasteiger partial charge < -0.3 is 0 Å². The van der Waals surface area contributed by atoms with Crippen LogP contribution >= 0.6 is 11.6 Å². The largest absolute Gasteiger partial charge is 0.293 e. The van der Waals surface area contributed by atoms with E-state index in [1.54, 1.807) is 30.5 Å². The van der Waals surface area contributed by atoms with E-state index in [1.165, 1.54) is 27.5 Å². The number of fused-ring (bicyclic) bond motifs is 3. The number of benzene rings is 2. The van der Waals surface area contributed by atoms with E-state index in [1.807, 2.05) is 12.1 Å². The van der Waals surface area contributed by atoms with Gasteiger partial charge in [0.15, 0.2) is 16.8 Å². The summed E-state index contributed by atoms with van der Waals surface area (Å²) in [5.74, 6) is -0.329. The van der Waals surface area contributed by atoms with Gasteiger partial charge in [0.2, 0.25) is 0 Å². The molecule has 0 unspecified atom stereocenters. The Balaban J connectivity index is 1.61. The monoisotopic (exact) mass is 406 g/mol. The molecule has 0 amide bonds. The standard InChI is InChI=1S/C20H12ClFN6O/c21-14-5-1-12(2-6-14)10-27-11-23-19-17(20(27)29)25-26-18-16(9-24-28(18)19)13-3-7-15(22)8-4-13/h1-9,11H,10H2. The zero-order valence-corrected chi connectivity index (χ0v) is 15.6. The third-order valence-electron chi connectivity index (χ3n) is 4.61. The quantitative estimate of drug-likeness (QED) is 0.459. The van der Waals surface area contributed by atoms with E-state index in [2.05, 4.69) is 20.3 Å². The number of halogens is 2. The molecule has 0 N–H and O–H groups in total. The van der Waals surface area contributed by atoms with Gasteiger partial charge in [0.1, 0.15) is 12.1 Å². The number of hydrogen-bond acceptors (Lipinski definition) is 5. The molecule has 9 heteroatoms. The first-order valence-electron chi connectivity index (χ1n) is 8.70. The molecule has 0 aliphatic carbocycles. The summed E-state index contributed by atoms with van der Waals surface area (Å²) >= 11 is 5.91. The first-order valence-corrected chi connectivity index (χ1v) is 9.08. The molecule has 0 fully saturated rings. The summed E-state index contributed by atoms with van der Waals surface area (Å²) in [6.07, 6.45) is 3.05. The van der Waals surface area contributed by atoms with Crippen LogP contribution in [-0.2, 0) is 6.54 Å². The maximum absolute atomic E-state index is 13.2. The van der Waals surface area contributed by atoms with Crippen molar-refractivity contribution in [2.45, 2.75) is 6.54 Å². The lowest BCUT2D eigenvalue weighted by Crippen LogP contribution is -2.23. The zero-order valence-electron chi connectivity index (χ0n) is 14.8. The average Bonchev–Trinajstić information content (AvgIpc) is 3.17. The molecule has 3 aromatic heterocycles. The highest BCUT2D eigenvalue weighted by Gasteiger charge is 2.15. The maximum Gasteiger partial charge on any atom is 0.283 e. The van der Waals surface area contributed by atoms with Gasteiger partial charge in [-0.1, -0.05) is 35.9 Å². The van der Waals surface area contributed by atoms with E-state index >= 15 is 0 Å². The van der Waals surface area contributed by atoms with Crippen LogP contribution in [-0.4, -0.2) is 29.4 Å². The first kappa shape index (κ1) is 17.4. The van der Waals surface area contributed by atoms with Crippen molar-refractivity contribution in [2.75, 3.05) is 0 Å². The van der Waals surface area contributed by atoms with E-state index < -0.39 is 0 Å². The van der Waals surface area contributed by atoms with Crippen LogP contribution in [0.25, 0.3) is 27.9 Å². The SMILES string of the molecule is O=c1c2nnc3c(-c4ccc(F)cc4)cnn3c2ncn1Cc1ccc(Cl)cc1. The highest BCUT2D eigenvalue weighted by Crippen LogP contribution is 2.24. The molecular weight excluding hydrogens is 395 g/mol. The van der Waals surface area contributed by atoms with Crippen molar-refractivity contribution in [3.05, 3.63) is 87.8 Å². The number of aromatic nitrogens is 6. The fraction of sp³-hybridized carbons (Fsp3) is 0.0500. The normalized spacial score (nSPS) is 11.4. The Morgan fingerprint density at radius 1 is 0.966 bits per heavy atom. The fourth-order valence-corrected chi connectivity index (χ4v) is 3.26. The van der Waals surface area contributed by atoms with Gasteiger partial charge in [0.05, 0.1) is 12.7 Å². The highest BCUT2D eigenvalue weighted by atomic mass is 35.5. The highest BCUT2D eigenvalue weighted by molar-refractivity contribution is 6.30. The van der Waals surface area contributed by atoms with Gasteiger partial charge in [-0.25, -0.2) is 9.37 Å². The predicted molar refractivity (Wildman–Crippen MR) is 106 cm³/mol. The Labute approximate surface area is 168 Å². The lowest BCUT2D eigenvalue weighted by atomic mass is 10.1. The Kier molecular flexibility index (Phi) is 4.06. The molecule has 0 aliphatic rings. The lowest BCUT2D eigenvalue weighted by Gasteiger charge is -2.07. The number of hydrogen-bond donors (Lipinski definition) is 0. The van der Waals surface area contributed by atoms with E-state index in [0.717, 1.165) is 11.1 Å². The third-order valence-corrected chi connectivity index (χ3v) is 4.86. The fourth-order valence-electron chi connectivity index (χ4n) is 3.13. The van der Waals surface area contributed by atoms with Crippen LogP contribution in [0.1, 0.15) is 5.56 Å². The van der Waals surface area contributed by atoms with Crippen molar-refractivity contribution in [3.63, 3.8) is 0 Å². The minimum atomic E-state index is -0.329. The zero-order chi connectivity index (χ0) is 20.0. The second kappa shape index (κ2) is 6.75. The van der Waals surface area contributed by atoms with Gasteiger partial charge >= 0.3 is 0 Å². The predicted octanol–water partition coefficient (Wildman–Crippen LogP) is 3.34. The Hall–Kier alpha value is -3.65. The first-order chi connectivity index (χ1) is 14.1. The van der Waals surface area contributed by atoms with Crippen LogP contribution in [0.5, 0.6) is 0 Å². The van der Waals surface area contributed by atoms with Gasteiger partial charge in [0, 0.05) is 10.6 Å². The van der Waals surface area contributed by atoms with Crippen molar-refractivity contribution in [2.24, 2.45) is 0 Å². The molecule has 0 aliphatic heterocycles. The van der Waals surface area contributed by atoms with Crippen molar-refractivity contribution in [1.82, 2.24) is 29.4 Å². The Bertz CT molecular complexity index is 1410. The molecule has 0 radical (unpaired) electrons. The summed E-state index contributed by atoms with van der Waals surface area (Å²) in [6.45, 7) is 0.332. The molecule has 2 aromatic carbocycles. The van der Waals surface area contributed by atoms with Crippen molar-refractivity contribution < 1.29 is 4.39 Å². The van der Waals surface area contributed by atoms with E-state index in [9.17, 15) is 9.18 Å². The van der Waals surface area contributed by atoms with Gasteiger partial charge in [-0.2, -0.15) is 9.61 Å². The van der Waals surface area contributed by atoms with Crippen LogP contribution in [0.15, 0.2) is 65.8 Å². The molecule has 3 heterocycles. The summed E-state index contributed by atoms with van der Waals surface area (Å²) in [6, 6.07) is 13.2. The van der Waals surface area contributed by atoms with Gasteiger partial charge in [-0.3, -0.25) is 9.36 Å². The average molecular weight is 407 g/mol. The molecular formula is C20H12ClFN6O. The smallest absolute Gasteiger partial charge is 0.283 e. The molecule has 5 rings (SSSR count). The van der Waals surface area contributed by atoms with Crippen LogP contribution in [0, 0.1) is 5.82 Å². The molecule has 7 nitrogen and oxygen atoms in total. The third kappa shape index (κ3) is 3.03. The summed E-state index contributed by atoms with van der Waals surface area (Å²) in [5, 5.41) is 13.2. The minimum absolute atomic E-state index is 0.114. The maximum atomic E-state index is 13.2. The summed E-state index contributed by atoms with van der Waals surface area (Å²) in [4.78, 5) is 17.2. The van der Waals surface area contributed by atoms with E-state index in [-0.39, 0.29) is 16.9 Å². The molecule has 0 saturated carbocycles. The second-order valence-corrected chi connectivity index (χ2v) is 6.91. The minimum Gasteiger partial charge on any atom is -0.293 e. The molecule has 0 spiro atoms. The van der Waals surface area contributed by atoms with Crippen LogP contribution in [0.2, 0.25) is 5.02 Å². The molecule has 5 aromatic rings. The van der Waals surface area contributed by atoms with Gasteiger partial charge in [0.25, 0.3) is 5.56 Å². The van der Waals surface area contributed by atoms with Crippen molar-refractivity contribution in [1.29, 1.82) is 0 Å². The van der Waals surface area contributed by atoms with Crippen LogP contribution in [0.3, 0.4) is 0 Å². The topological polar surface area (TPSA) is 78.0 Å².